The van der Waals surface area contributed by atoms with Crippen LogP contribution in [0.5, 0.6) is 0 Å². The summed E-state index contributed by atoms with van der Waals surface area (Å²) in [6.45, 7) is 0. The van der Waals surface area contributed by atoms with Gasteiger partial charge in [0.2, 0.25) is 0 Å². The van der Waals surface area contributed by atoms with Gasteiger partial charge >= 0.3 is 0 Å². The van der Waals surface area contributed by atoms with E-state index in [1.807, 2.05) is 30.3 Å². The number of benzene rings is 2. The molecule has 0 N–H and O–H groups in total. The molecular formula is C15H10ClN3O. The van der Waals surface area contributed by atoms with Gasteiger partial charge in [-0.15, -0.1) is 0 Å². The lowest BCUT2D eigenvalue weighted by Gasteiger charge is -2.01. The molecule has 0 heterocycles. The molecule has 2 rings (SSSR count). The number of carbonyl (C=O) groups excluding carboxylic acids is 1. The van der Waals surface area contributed by atoms with Gasteiger partial charge in [0.1, 0.15) is 0 Å². The maximum atomic E-state index is 12.3. The van der Waals surface area contributed by atoms with Crippen molar-refractivity contribution in [2.75, 3.05) is 0 Å². The zero-order chi connectivity index (χ0) is 14.4. The molecule has 0 radical (unpaired) electrons. The number of ketones is 1. The molecular weight excluding hydrogens is 274 g/mol. The lowest BCUT2D eigenvalue weighted by atomic mass is 10.1. The number of azide groups is 1. The summed E-state index contributed by atoms with van der Waals surface area (Å²) in [7, 11) is 0. The van der Waals surface area contributed by atoms with Crippen LogP contribution in [0.1, 0.15) is 15.9 Å². The summed E-state index contributed by atoms with van der Waals surface area (Å²) in [5.41, 5.74) is 9.85. The van der Waals surface area contributed by atoms with Crippen molar-refractivity contribution >= 4 is 23.5 Å². The molecule has 0 unspecified atom stereocenters. The molecule has 5 heteroatoms. The van der Waals surface area contributed by atoms with Gasteiger partial charge in [-0.2, -0.15) is 0 Å². The van der Waals surface area contributed by atoms with E-state index in [0.29, 0.717) is 10.6 Å². The standard InChI is InChI=1S/C15H10ClN3O/c16-13-8-6-12(7-9-13)15(20)14(18-19-17)10-11-4-2-1-3-5-11/h1-10H/b14-10-. The Labute approximate surface area is 120 Å². The van der Waals surface area contributed by atoms with E-state index in [2.05, 4.69) is 10.0 Å². The van der Waals surface area contributed by atoms with E-state index < -0.39 is 0 Å². The van der Waals surface area contributed by atoms with Crippen molar-refractivity contribution in [2.24, 2.45) is 5.11 Å². The molecule has 4 nitrogen and oxygen atoms in total. The molecule has 2 aromatic carbocycles. The summed E-state index contributed by atoms with van der Waals surface area (Å²) in [5.74, 6) is -0.344. The Balaban J connectivity index is 2.38. The van der Waals surface area contributed by atoms with Crippen LogP contribution < -0.4 is 0 Å². The average Bonchev–Trinajstić information content (AvgIpc) is 2.48. The molecule has 0 atom stereocenters. The van der Waals surface area contributed by atoms with Crippen molar-refractivity contribution in [1.82, 2.24) is 0 Å². The van der Waals surface area contributed by atoms with Gasteiger partial charge in [0.05, 0.1) is 5.70 Å². The minimum atomic E-state index is -0.344. The van der Waals surface area contributed by atoms with Crippen molar-refractivity contribution in [2.45, 2.75) is 0 Å². The van der Waals surface area contributed by atoms with Crippen molar-refractivity contribution in [1.29, 1.82) is 0 Å². The molecule has 20 heavy (non-hydrogen) atoms. The van der Waals surface area contributed by atoms with E-state index >= 15 is 0 Å². The summed E-state index contributed by atoms with van der Waals surface area (Å²) in [6.07, 6.45) is 1.55. The lowest BCUT2D eigenvalue weighted by Crippen LogP contribution is -2.00. The summed E-state index contributed by atoms with van der Waals surface area (Å²) >= 11 is 5.78. The van der Waals surface area contributed by atoms with Crippen molar-refractivity contribution in [3.05, 3.63) is 86.9 Å². The second kappa shape index (κ2) is 6.57. The van der Waals surface area contributed by atoms with E-state index in [1.165, 1.54) is 0 Å². The third-order valence-corrected chi connectivity index (χ3v) is 2.85. The number of hydrogen-bond acceptors (Lipinski definition) is 2. The van der Waals surface area contributed by atoms with Crippen LogP contribution in [0.4, 0.5) is 0 Å². The van der Waals surface area contributed by atoms with Gasteiger partial charge in [-0.1, -0.05) is 47.0 Å². The van der Waals surface area contributed by atoms with E-state index in [4.69, 9.17) is 17.1 Å². The summed E-state index contributed by atoms with van der Waals surface area (Å²) in [4.78, 5) is 15.0. The highest BCUT2D eigenvalue weighted by atomic mass is 35.5. The van der Waals surface area contributed by atoms with Crippen LogP contribution in [-0.4, -0.2) is 5.78 Å². The Kier molecular flexibility index (Phi) is 4.56. The topological polar surface area (TPSA) is 65.8 Å². The van der Waals surface area contributed by atoms with Gasteiger partial charge in [0.15, 0.2) is 5.78 Å². The number of carbonyl (C=O) groups is 1. The van der Waals surface area contributed by atoms with Gasteiger partial charge in [-0.05, 0) is 41.4 Å². The second-order valence-corrected chi connectivity index (χ2v) is 4.40. The zero-order valence-corrected chi connectivity index (χ0v) is 11.2. The van der Waals surface area contributed by atoms with Gasteiger partial charge in [-0.3, -0.25) is 4.79 Å². The highest BCUT2D eigenvalue weighted by Crippen LogP contribution is 2.16. The van der Waals surface area contributed by atoms with E-state index in [0.717, 1.165) is 5.56 Å². The number of rotatable bonds is 4. The SMILES string of the molecule is [N-]=[N+]=N/C(=C\c1ccccc1)C(=O)c1ccc(Cl)cc1. The Morgan fingerprint density at radius 1 is 1.10 bits per heavy atom. The Hall–Kier alpha value is -2.55. The Morgan fingerprint density at radius 2 is 1.75 bits per heavy atom. The first-order valence-corrected chi connectivity index (χ1v) is 6.20. The Morgan fingerprint density at radius 3 is 2.35 bits per heavy atom. The fourth-order valence-electron chi connectivity index (χ4n) is 1.64. The number of nitrogens with zero attached hydrogens (tertiary/aromatic N) is 3. The molecule has 0 fully saturated rings. The summed E-state index contributed by atoms with van der Waals surface area (Å²) in [5, 5.41) is 4.02. The highest BCUT2D eigenvalue weighted by Gasteiger charge is 2.10. The van der Waals surface area contributed by atoms with Crippen LogP contribution in [0.2, 0.25) is 5.02 Å². The van der Waals surface area contributed by atoms with Crippen LogP contribution in [0, 0.1) is 0 Å². The molecule has 0 amide bonds. The largest absolute Gasteiger partial charge is 0.289 e. The van der Waals surface area contributed by atoms with Gasteiger partial charge < -0.3 is 0 Å². The van der Waals surface area contributed by atoms with Gasteiger partial charge in [-0.25, -0.2) is 0 Å². The molecule has 0 bridgehead atoms. The van der Waals surface area contributed by atoms with Crippen LogP contribution in [0.15, 0.2) is 65.4 Å². The predicted molar refractivity (Wildman–Crippen MR) is 79.3 cm³/mol. The number of hydrogen-bond donors (Lipinski definition) is 0. The normalized spacial score (nSPS) is 10.8. The minimum absolute atomic E-state index is 0.0426. The van der Waals surface area contributed by atoms with E-state index in [1.54, 1.807) is 30.3 Å². The lowest BCUT2D eigenvalue weighted by molar-refractivity contribution is 0.103. The first-order chi connectivity index (χ1) is 9.70. The van der Waals surface area contributed by atoms with Crippen molar-refractivity contribution < 1.29 is 4.79 Å². The molecule has 98 valence electrons. The molecule has 0 aliphatic heterocycles. The molecule has 0 aromatic heterocycles. The quantitative estimate of drug-likeness (QED) is 0.259. The minimum Gasteiger partial charge on any atom is -0.289 e. The van der Waals surface area contributed by atoms with Gasteiger partial charge in [0.25, 0.3) is 0 Å². The summed E-state index contributed by atoms with van der Waals surface area (Å²) < 4.78 is 0. The highest BCUT2D eigenvalue weighted by molar-refractivity contribution is 6.30. The van der Waals surface area contributed by atoms with Crippen molar-refractivity contribution in [3.63, 3.8) is 0 Å². The molecule has 0 aliphatic rings. The smallest absolute Gasteiger partial charge is 0.195 e. The average molecular weight is 284 g/mol. The second-order valence-electron chi connectivity index (χ2n) is 3.97. The maximum absolute atomic E-state index is 12.3. The van der Waals surface area contributed by atoms with Crippen LogP contribution in [0.25, 0.3) is 16.5 Å². The fraction of sp³-hybridized carbons (Fsp3) is 0. The monoisotopic (exact) mass is 283 g/mol. The molecule has 0 saturated heterocycles. The number of Topliss-reactive ketones (excluding diaryl/α,β-unsaturated/α-hetero) is 1. The molecule has 0 spiro atoms. The van der Waals surface area contributed by atoms with Gasteiger partial charge in [0, 0.05) is 15.5 Å². The fourth-order valence-corrected chi connectivity index (χ4v) is 1.77. The number of allylic oxidation sites excluding steroid dienone is 1. The van der Waals surface area contributed by atoms with Crippen molar-refractivity contribution in [3.8, 4) is 0 Å². The van der Waals surface area contributed by atoms with Crippen LogP contribution in [0.3, 0.4) is 0 Å². The first-order valence-electron chi connectivity index (χ1n) is 5.83. The van der Waals surface area contributed by atoms with E-state index in [-0.39, 0.29) is 11.5 Å². The van der Waals surface area contributed by atoms with Crippen LogP contribution >= 0.6 is 11.6 Å². The third-order valence-electron chi connectivity index (χ3n) is 2.59. The van der Waals surface area contributed by atoms with Crippen LogP contribution in [-0.2, 0) is 0 Å². The molecule has 2 aromatic rings. The predicted octanol–water partition coefficient (Wildman–Crippen LogP) is 4.87. The molecule has 0 saturated carbocycles. The number of halogens is 1. The Bertz CT molecular complexity index is 687. The zero-order valence-electron chi connectivity index (χ0n) is 10.4. The summed E-state index contributed by atoms with van der Waals surface area (Å²) in [6, 6.07) is 15.6. The third kappa shape index (κ3) is 3.48. The molecule has 0 aliphatic carbocycles. The van der Waals surface area contributed by atoms with E-state index in [9.17, 15) is 4.79 Å². The maximum Gasteiger partial charge on any atom is 0.195 e. The first kappa shape index (κ1) is 13.9.